The van der Waals surface area contributed by atoms with Crippen molar-refractivity contribution in [3.05, 3.63) is 18.2 Å². The van der Waals surface area contributed by atoms with Crippen molar-refractivity contribution in [2.24, 2.45) is 13.0 Å². The first-order valence-corrected chi connectivity index (χ1v) is 5.96. The number of ether oxygens (including phenoxy) is 1. The lowest BCUT2D eigenvalue weighted by atomic mass is 9.87. The number of carboxylic acids is 1. The van der Waals surface area contributed by atoms with E-state index < -0.39 is 5.97 Å². The Morgan fingerprint density at radius 2 is 2.24 bits per heavy atom. The van der Waals surface area contributed by atoms with Crippen molar-refractivity contribution in [3.8, 4) is 0 Å². The summed E-state index contributed by atoms with van der Waals surface area (Å²) in [6.07, 6.45) is 6.88. The fourth-order valence-corrected chi connectivity index (χ4v) is 2.20. The Hall–Kier alpha value is -1.36. The predicted octanol–water partition coefficient (Wildman–Crippen LogP) is 1.58. The van der Waals surface area contributed by atoms with Crippen LogP contribution in [0.3, 0.4) is 0 Å². The molecule has 0 aromatic carbocycles. The summed E-state index contributed by atoms with van der Waals surface area (Å²) < 4.78 is 7.72. The molecule has 0 saturated heterocycles. The van der Waals surface area contributed by atoms with Crippen molar-refractivity contribution in [1.82, 2.24) is 9.55 Å². The largest absolute Gasteiger partial charge is 0.481 e. The molecular formula is C12H18N2O3. The van der Waals surface area contributed by atoms with Gasteiger partial charge in [-0.05, 0) is 25.7 Å². The van der Waals surface area contributed by atoms with Gasteiger partial charge in [0, 0.05) is 7.05 Å². The molecule has 17 heavy (non-hydrogen) atoms. The molecule has 1 N–H and O–H groups in total. The summed E-state index contributed by atoms with van der Waals surface area (Å²) in [5.41, 5.74) is 1.05. The molecule has 1 fully saturated rings. The third-order valence-electron chi connectivity index (χ3n) is 3.41. The highest BCUT2D eigenvalue weighted by atomic mass is 16.5. The van der Waals surface area contributed by atoms with E-state index in [4.69, 9.17) is 9.84 Å². The van der Waals surface area contributed by atoms with Crippen LogP contribution in [0.2, 0.25) is 0 Å². The maximum atomic E-state index is 10.8. The van der Waals surface area contributed by atoms with Crippen LogP contribution in [-0.4, -0.2) is 26.7 Å². The molecule has 1 saturated carbocycles. The van der Waals surface area contributed by atoms with Gasteiger partial charge >= 0.3 is 5.97 Å². The zero-order valence-corrected chi connectivity index (χ0v) is 10.0. The van der Waals surface area contributed by atoms with Crippen molar-refractivity contribution in [2.75, 3.05) is 0 Å². The SMILES string of the molecule is Cn1cncc1COC1CCC(C(=O)O)CC1. The average Bonchev–Trinajstić information content (AvgIpc) is 2.73. The Balaban J connectivity index is 1.75. The maximum absolute atomic E-state index is 10.8. The third-order valence-corrected chi connectivity index (χ3v) is 3.41. The minimum absolute atomic E-state index is 0.174. The number of hydrogen-bond donors (Lipinski definition) is 1. The number of aliphatic carboxylic acids is 1. The lowest BCUT2D eigenvalue weighted by molar-refractivity contribution is -0.143. The molecule has 0 unspecified atom stereocenters. The summed E-state index contributed by atoms with van der Waals surface area (Å²) in [5, 5.41) is 8.89. The minimum Gasteiger partial charge on any atom is -0.481 e. The first-order valence-electron chi connectivity index (χ1n) is 5.96. The molecule has 1 aliphatic carbocycles. The lowest BCUT2D eigenvalue weighted by Crippen LogP contribution is -2.26. The number of nitrogens with zero attached hydrogens (tertiary/aromatic N) is 2. The normalized spacial score (nSPS) is 24.8. The van der Waals surface area contributed by atoms with Crippen LogP contribution in [0.4, 0.5) is 0 Å². The van der Waals surface area contributed by atoms with E-state index in [1.165, 1.54) is 0 Å². The molecule has 0 bridgehead atoms. The van der Waals surface area contributed by atoms with Gasteiger partial charge in [-0.3, -0.25) is 4.79 Å². The van der Waals surface area contributed by atoms with Gasteiger partial charge in [0.1, 0.15) is 0 Å². The summed E-state index contributed by atoms with van der Waals surface area (Å²) in [7, 11) is 1.94. The second-order valence-electron chi connectivity index (χ2n) is 4.62. The number of rotatable bonds is 4. The Labute approximate surface area is 100 Å². The quantitative estimate of drug-likeness (QED) is 0.865. The molecule has 1 aromatic rings. The van der Waals surface area contributed by atoms with Crippen LogP contribution in [0.15, 0.2) is 12.5 Å². The molecule has 0 aliphatic heterocycles. The van der Waals surface area contributed by atoms with E-state index in [0.29, 0.717) is 6.61 Å². The first-order chi connectivity index (χ1) is 8.16. The van der Waals surface area contributed by atoms with E-state index in [1.54, 1.807) is 12.5 Å². The van der Waals surface area contributed by atoms with E-state index in [2.05, 4.69) is 4.98 Å². The second-order valence-corrected chi connectivity index (χ2v) is 4.62. The smallest absolute Gasteiger partial charge is 0.306 e. The summed E-state index contributed by atoms with van der Waals surface area (Å²) >= 11 is 0. The monoisotopic (exact) mass is 238 g/mol. The summed E-state index contributed by atoms with van der Waals surface area (Å²) in [5.74, 6) is -0.846. The van der Waals surface area contributed by atoms with E-state index in [9.17, 15) is 4.79 Å². The van der Waals surface area contributed by atoms with Gasteiger partial charge in [0.05, 0.1) is 36.8 Å². The van der Waals surface area contributed by atoms with Gasteiger partial charge in [-0.15, -0.1) is 0 Å². The number of carbonyl (C=O) groups is 1. The third kappa shape index (κ3) is 3.06. The van der Waals surface area contributed by atoms with Gasteiger partial charge < -0.3 is 14.4 Å². The fraction of sp³-hybridized carbons (Fsp3) is 0.667. The zero-order valence-electron chi connectivity index (χ0n) is 10.0. The number of carboxylic acid groups (broad SMARTS) is 1. The van der Waals surface area contributed by atoms with Gasteiger partial charge in [-0.1, -0.05) is 0 Å². The Morgan fingerprint density at radius 3 is 2.76 bits per heavy atom. The van der Waals surface area contributed by atoms with Crippen molar-refractivity contribution in [2.45, 2.75) is 38.4 Å². The first kappa shape index (κ1) is 12.1. The van der Waals surface area contributed by atoms with Crippen molar-refractivity contribution >= 4 is 5.97 Å². The Morgan fingerprint density at radius 1 is 1.53 bits per heavy atom. The number of aromatic nitrogens is 2. The van der Waals surface area contributed by atoms with Gasteiger partial charge in [-0.2, -0.15) is 0 Å². The van der Waals surface area contributed by atoms with Crippen LogP contribution in [0, 0.1) is 5.92 Å². The number of imidazole rings is 1. The molecule has 0 radical (unpaired) electrons. The molecule has 2 rings (SSSR count). The molecule has 1 aliphatic rings. The Kier molecular flexibility index (Phi) is 3.78. The Bertz CT molecular complexity index is 381. The summed E-state index contributed by atoms with van der Waals surface area (Å²) in [6, 6.07) is 0. The average molecular weight is 238 g/mol. The molecule has 0 atom stereocenters. The highest BCUT2D eigenvalue weighted by Crippen LogP contribution is 2.26. The van der Waals surface area contributed by atoms with E-state index in [0.717, 1.165) is 31.4 Å². The molecule has 1 heterocycles. The van der Waals surface area contributed by atoms with Gasteiger partial charge in [0.15, 0.2) is 0 Å². The van der Waals surface area contributed by atoms with Crippen LogP contribution >= 0.6 is 0 Å². The molecule has 0 amide bonds. The molecular weight excluding hydrogens is 220 g/mol. The van der Waals surface area contributed by atoms with Crippen LogP contribution in [0.25, 0.3) is 0 Å². The number of aryl methyl sites for hydroxylation is 1. The predicted molar refractivity (Wildman–Crippen MR) is 61.4 cm³/mol. The van der Waals surface area contributed by atoms with Gasteiger partial charge in [0.25, 0.3) is 0 Å². The summed E-state index contributed by atoms with van der Waals surface area (Å²) in [4.78, 5) is 14.8. The van der Waals surface area contributed by atoms with Gasteiger partial charge in [-0.25, -0.2) is 4.98 Å². The van der Waals surface area contributed by atoms with Crippen molar-refractivity contribution < 1.29 is 14.6 Å². The second kappa shape index (κ2) is 5.31. The lowest BCUT2D eigenvalue weighted by Gasteiger charge is -2.26. The molecule has 0 spiro atoms. The zero-order chi connectivity index (χ0) is 12.3. The molecule has 1 aromatic heterocycles. The van der Waals surface area contributed by atoms with Gasteiger partial charge in [0.2, 0.25) is 0 Å². The number of hydrogen-bond acceptors (Lipinski definition) is 3. The standard InChI is InChI=1S/C12H18N2O3/c1-14-8-13-6-10(14)7-17-11-4-2-9(3-5-11)12(15)16/h6,8-9,11H,2-5,7H2,1H3,(H,15,16). The van der Waals surface area contributed by atoms with Crippen LogP contribution < -0.4 is 0 Å². The summed E-state index contributed by atoms with van der Waals surface area (Å²) in [6.45, 7) is 0.554. The topological polar surface area (TPSA) is 64.4 Å². The fourth-order valence-electron chi connectivity index (χ4n) is 2.20. The van der Waals surface area contributed by atoms with Crippen LogP contribution in [-0.2, 0) is 23.2 Å². The van der Waals surface area contributed by atoms with E-state index in [-0.39, 0.29) is 12.0 Å². The van der Waals surface area contributed by atoms with Crippen molar-refractivity contribution in [3.63, 3.8) is 0 Å². The minimum atomic E-state index is -0.671. The van der Waals surface area contributed by atoms with Crippen LogP contribution in [0.1, 0.15) is 31.4 Å². The molecule has 5 heteroatoms. The van der Waals surface area contributed by atoms with E-state index >= 15 is 0 Å². The highest BCUT2D eigenvalue weighted by Gasteiger charge is 2.26. The molecule has 94 valence electrons. The highest BCUT2D eigenvalue weighted by molar-refractivity contribution is 5.70. The maximum Gasteiger partial charge on any atom is 0.306 e. The molecule has 5 nitrogen and oxygen atoms in total. The van der Waals surface area contributed by atoms with Crippen LogP contribution in [0.5, 0.6) is 0 Å². The van der Waals surface area contributed by atoms with E-state index in [1.807, 2.05) is 11.6 Å². The van der Waals surface area contributed by atoms with Crippen molar-refractivity contribution in [1.29, 1.82) is 0 Å².